The van der Waals surface area contributed by atoms with Gasteiger partial charge in [0.2, 0.25) is 0 Å². The maximum atomic E-state index is 12.9. The number of aromatic hydroxyl groups is 2. The average Bonchev–Trinajstić information content (AvgIpc) is 2.72. The quantitative estimate of drug-likeness (QED) is 0.687. The second-order valence-corrected chi connectivity index (χ2v) is 7.56. The van der Waals surface area contributed by atoms with E-state index in [-0.39, 0.29) is 29.3 Å². The van der Waals surface area contributed by atoms with E-state index in [2.05, 4.69) is 11.8 Å². The molecule has 0 aromatic heterocycles. The molecule has 156 valence electrons. The highest BCUT2D eigenvalue weighted by molar-refractivity contribution is 6.00. The molecule has 0 saturated carbocycles. The van der Waals surface area contributed by atoms with Crippen LogP contribution in [0.5, 0.6) is 23.0 Å². The Hall–Kier alpha value is -2.73. The molecule has 6 heteroatoms. The molecule has 0 aliphatic carbocycles. The van der Waals surface area contributed by atoms with Crippen molar-refractivity contribution in [2.24, 2.45) is 0 Å². The summed E-state index contributed by atoms with van der Waals surface area (Å²) in [5.74, 6) is 0.806. The number of nitrogens with zero attached hydrogens (tertiary/aromatic N) is 1. The highest BCUT2D eigenvalue weighted by atomic mass is 16.5. The summed E-state index contributed by atoms with van der Waals surface area (Å²) >= 11 is 0. The molecule has 2 aromatic carbocycles. The van der Waals surface area contributed by atoms with Crippen LogP contribution in [0.1, 0.15) is 47.7 Å². The lowest BCUT2D eigenvalue weighted by Gasteiger charge is -2.33. The predicted molar refractivity (Wildman–Crippen MR) is 111 cm³/mol. The molecule has 0 radical (unpaired) electrons. The first kappa shape index (κ1) is 21.0. The molecule has 0 unspecified atom stereocenters. The molecule has 1 fully saturated rings. The SMILES string of the molecule is COc1ccc(CC(=O)c2ccc(O)c(CN3CCCC[C@H]3C)c2O)cc1OC. The molecule has 1 aliphatic rings. The third kappa shape index (κ3) is 4.65. The first-order valence-corrected chi connectivity index (χ1v) is 9.96. The van der Waals surface area contributed by atoms with Gasteiger partial charge in [-0.05, 0) is 56.1 Å². The molecule has 1 aliphatic heterocycles. The number of likely N-dealkylation sites (tertiary alicyclic amines) is 1. The topological polar surface area (TPSA) is 79.2 Å². The monoisotopic (exact) mass is 399 g/mol. The Morgan fingerprint density at radius 3 is 2.55 bits per heavy atom. The van der Waals surface area contributed by atoms with Crippen molar-refractivity contribution in [1.82, 2.24) is 4.90 Å². The van der Waals surface area contributed by atoms with Gasteiger partial charge in [-0.15, -0.1) is 0 Å². The number of benzene rings is 2. The molecule has 1 atom stereocenters. The number of ether oxygens (including phenoxy) is 2. The second kappa shape index (κ2) is 9.18. The van der Waals surface area contributed by atoms with E-state index in [1.165, 1.54) is 18.6 Å². The van der Waals surface area contributed by atoms with E-state index >= 15 is 0 Å². The summed E-state index contributed by atoms with van der Waals surface area (Å²) in [4.78, 5) is 15.1. The van der Waals surface area contributed by atoms with Gasteiger partial charge in [0.05, 0.1) is 25.3 Å². The Morgan fingerprint density at radius 2 is 1.86 bits per heavy atom. The van der Waals surface area contributed by atoms with Gasteiger partial charge < -0.3 is 19.7 Å². The second-order valence-electron chi connectivity index (χ2n) is 7.56. The van der Waals surface area contributed by atoms with Crippen LogP contribution in [0.3, 0.4) is 0 Å². The number of methoxy groups -OCH3 is 2. The number of rotatable bonds is 7. The molecular formula is C23H29NO5. The third-order valence-electron chi connectivity index (χ3n) is 5.67. The van der Waals surface area contributed by atoms with Crippen LogP contribution in [0.2, 0.25) is 0 Å². The van der Waals surface area contributed by atoms with Gasteiger partial charge in [0.25, 0.3) is 0 Å². The number of phenolic OH excluding ortho intramolecular Hbond substituents is 2. The lowest BCUT2D eigenvalue weighted by molar-refractivity contribution is 0.0989. The predicted octanol–water partition coefficient (Wildman–Crippen LogP) is 3.91. The van der Waals surface area contributed by atoms with Crippen LogP contribution in [0, 0.1) is 0 Å². The average molecular weight is 399 g/mol. The zero-order chi connectivity index (χ0) is 21.0. The van der Waals surface area contributed by atoms with Crippen molar-refractivity contribution in [3.05, 3.63) is 47.0 Å². The van der Waals surface area contributed by atoms with Crippen molar-refractivity contribution in [3.63, 3.8) is 0 Å². The first-order valence-electron chi connectivity index (χ1n) is 9.96. The number of phenols is 2. The molecule has 1 saturated heterocycles. The molecule has 3 rings (SSSR count). The maximum Gasteiger partial charge on any atom is 0.170 e. The van der Waals surface area contributed by atoms with Crippen molar-refractivity contribution in [1.29, 1.82) is 0 Å². The fourth-order valence-corrected chi connectivity index (χ4v) is 3.87. The van der Waals surface area contributed by atoms with Crippen molar-refractivity contribution in [2.45, 2.75) is 45.2 Å². The minimum atomic E-state index is -0.220. The van der Waals surface area contributed by atoms with E-state index in [0.717, 1.165) is 24.9 Å². The maximum absolute atomic E-state index is 12.9. The Balaban J connectivity index is 1.82. The van der Waals surface area contributed by atoms with Crippen LogP contribution < -0.4 is 9.47 Å². The van der Waals surface area contributed by atoms with Gasteiger partial charge in [0.1, 0.15) is 11.5 Å². The lowest BCUT2D eigenvalue weighted by Crippen LogP contribution is -2.36. The molecule has 0 amide bonds. The van der Waals surface area contributed by atoms with E-state index in [0.29, 0.717) is 29.6 Å². The molecular weight excluding hydrogens is 370 g/mol. The highest BCUT2D eigenvalue weighted by Crippen LogP contribution is 2.34. The zero-order valence-electron chi connectivity index (χ0n) is 17.3. The molecule has 2 aromatic rings. The summed E-state index contributed by atoms with van der Waals surface area (Å²) in [5, 5.41) is 21.1. The van der Waals surface area contributed by atoms with E-state index in [1.54, 1.807) is 32.4 Å². The Morgan fingerprint density at radius 1 is 1.10 bits per heavy atom. The van der Waals surface area contributed by atoms with Gasteiger partial charge in [0, 0.05) is 19.0 Å². The van der Waals surface area contributed by atoms with Crippen LogP contribution in [-0.2, 0) is 13.0 Å². The first-order chi connectivity index (χ1) is 13.9. The van der Waals surface area contributed by atoms with Gasteiger partial charge >= 0.3 is 0 Å². The van der Waals surface area contributed by atoms with Gasteiger partial charge in [-0.2, -0.15) is 0 Å². The van der Waals surface area contributed by atoms with Crippen molar-refractivity contribution < 1.29 is 24.5 Å². The fourth-order valence-electron chi connectivity index (χ4n) is 3.87. The normalized spacial score (nSPS) is 17.1. The van der Waals surface area contributed by atoms with Crippen LogP contribution >= 0.6 is 0 Å². The van der Waals surface area contributed by atoms with Crippen molar-refractivity contribution in [2.75, 3.05) is 20.8 Å². The van der Waals surface area contributed by atoms with E-state index < -0.39 is 0 Å². The number of hydrogen-bond acceptors (Lipinski definition) is 6. The number of carbonyl (C=O) groups is 1. The highest BCUT2D eigenvalue weighted by Gasteiger charge is 2.24. The molecule has 6 nitrogen and oxygen atoms in total. The van der Waals surface area contributed by atoms with Crippen LogP contribution in [0.15, 0.2) is 30.3 Å². The fraction of sp³-hybridized carbons (Fsp3) is 0.435. The molecule has 0 bridgehead atoms. The van der Waals surface area contributed by atoms with Crippen LogP contribution in [0.25, 0.3) is 0 Å². The van der Waals surface area contributed by atoms with E-state index in [1.807, 2.05) is 0 Å². The number of ketones is 1. The van der Waals surface area contributed by atoms with E-state index in [9.17, 15) is 15.0 Å². The summed E-state index contributed by atoms with van der Waals surface area (Å²) in [6.07, 6.45) is 3.50. The summed E-state index contributed by atoms with van der Waals surface area (Å²) in [7, 11) is 3.10. The van der Waals surface area contributed by atoms with Crippen molar-refractivity contribution in [3.8, 4) is 23.0 Å². The van der Waals surface area contributed by atoms with Gasteiger partial charge in [-0.1, -0.05) is 12.5 Å². The summed E-state index contributed by atoms with van der Waals surface area (Å²) in [6, 6.07) is 8.66. The number of Topliss-reactive ketones (excluding diaryl/α,β-unsaturated/α-hetero) is 1. The molecule has 29 heavy (non-hydrogen) atoms. The number of carbonyl (C=O) groups excluding carboxylic acids is 1. The largest absolute Gasteiger partial charge is 0.507 e. The Bertz CT molecular complexity index is 880. The summed E-state index contributed by atoms with van der Waals surface area (Å²) in [6.45, 7) is 3.50. The number of piperidine rings is 1. The minimum absolute atomic E-state index is 0.0166. The van der Waals surface area contributed by atoms with Gasteiger partial charge in [-0.3, -0.25) is 9.69 Å². The Kier molecular flexibility index (Phi) is 6.64. The smallest absolute Gasteiger partial charge is 0.170 e. The standard InChI is InChI=1S/C23H29NO5/c1-15-6-4-5-11-24(15)14-18-19(25)9-8-17(23(18)27)20(26)12-16-7-10-21(28-2)22(13-16)29-3/h7-10,13,15,25,27H,4-6,11-12,14H2,1-3H3/t15-/m1/s1. The number of hydrogen-bond donors (Lipinski definition) is 2. The third-order valence-corrected chi connectivity index (χ3v) is 5.67. The lowest BCUT2D eigenvalue weighted by atomic mass is 9.97. The summed E-state index contributed by atoms with van der Waals surface area (Å²) in [5.41, 5.74) is 1.39. The Labute approximate surface area is 171 Å². The van der Waals surface area contributed by atoms with Gasteiger partial charge in [0.15, 0.2) is 17.3 Å². The van der Waals surface area contributed by atoms with E-state index in [4.69, 9.17) is 9.47 Å². The molecule has 1 heterocycles. The summed E-state index contributed by atoms with van der Waals surface area (Å²) < 4.78 is 10.5. The molecule has 2 N–H and O–H groups in total. The van der Waals surface area contributed by atoms with Gasteiger partial charge in [-0.25, -0.2) is 0 Å². The van der Waals surface area contributed by atoms with Crippen molar-refractivity contribution >= 4 is 5.78 Å². The van der Waals surface area contributed by atoms with Crippen LogP contribution in [0.4, 0.5) is 0 Å². The minimum Gasteiger partial charge on any atom is -0.507 e. The molecule has 0 spiro atoms. The van der Waals surface area contributed by atoms with Crippen LogP contribution in [-0.4, -0.2) is 47.7 Å². The zero-order valence-corrected chi connectivity index (χ0v) is 17.3.